The van der Waals surface area contributed by atoms with Crippen molar-refractivity contribution in [3.63, 3.8) is 0 Å². The zero-order chi connectivity index (χ0) is 20.0. The zero-order valence-corrected chi connectivity index (χ0v) is 15.4. The van der Waals surface area contributed by atoms with Crippen molar-refractivity contribution < 1.29 is 4.79 Å². The number of H-pyrrole nitrogens is 1. The van der Waals surface area contributed by atoms with Crippen LogP contribution in [0.3, 0.4) is 0 Å². The van der Waals surface area contributed by atoms with Crippen molar-refractivity contribution >= 4 is 27.7 Å². The molecule has 0 radical (unpaired) electrons. The van der Waals surface area contributed by atoms with E-state index in [4.69, 9.17) is 0 Å². The molecule has 1 aliphatic carbocycles. The Morgan fingerprint density at radius 3 is 2.76 bits per heavy atom. The number of hydrogen-bond donors (Lipinski definition) is 1. The normalized spacial score (nSPS) is 15.8. The first-order valence-corrected chi connectivity index (χ1v) is 9.30. The van der Waals surface area contributed by atoms with Gasteiger partial charge in [-0.25, -0.2) is 4.68 Å². The fraction of sp³-hybridized carbons (Fsp3) is 0.0870. The topological polar surface area (TPSA) is 83.6 Å². The van der Waals surface area contributed by atoms with E-state index in [0.717, 1.165) is 16.6 Å². The first-order valence-electron chi connectivity index (χ1n) is 9.30. The molecule has 1 atom stereocenters. The maximum Gasteiger partial charge on any atom is 0.272 e. The summed E-state index contributed by atoms with van der Waals surface area (Å²) in [4.78, 5) is 25.4. The summed E-state index contributed by atoms with van der Waals surface area (Å²) in [5, 5.41) is 13.4. The largest absolute Gasteiger partial charge is 0.315 e. The summed E-state index contributed by atoms with van der Waals surface area (Å²) < 4.78 is 3.25. The Labute approximate surface area is 165 Å². The number of rotatable bonds is 2. The lowest BCUT2D eigenvalue weighted by Gasteiger charge is -2.13. The summed E-state index contributed by atoms with van der Waals surface area (Å²) in [5.74, 6) is -0.488. The van der Waals surface area contributed by atoms with Crippen LogP contribution in [0.5, 0.6) is 0 Å². The van der Waals surface area contributed by atoms with Gasteiger partial charge in [-0.15, -0.1) is 0 Å². The zero-order valence-electron chi connectivity index (χ0n) is 15.4. The third-order valence-electron chi connectivity index (χ3n) is 5.31. The lowest BCUT2D eigenvalue weighted by Crippen LogP contribution is -2.23. The standard InChI is InChI=1S/C23H16N4O2/c24-13-16-14-26(20-9-5-4-8-18(16)20)17-10-11-19-21(12-17)27(25-22(19)28)23(29)15-6-2-1-3-7-15/h1-6,8-12,14-15H,7H2,(H,25,28). The molecule has 2 aromatic carbocycles. The monoisotopic (exact) mass is 380 g/mol. The molecule has 0 fully saturated rings. The van der Waals surface area contributed by atoms with Crippen LogP contribution in [0.25, 0.3) is 27.5 Å². The molecule has 4 aromatic rings. The summed E-state index contributed by atoms with van der Waals surface area (Å²) in [6, 6.07) is 15.2. The molecule has 0 saturated carbocycles. The van der Waals surface area contributed by atoms with Gasteiger partial charge < -0.3 is 4.57 Å². The second-order valence-corrected chi connectivity index (χ2v) is 7.01. The van der Waals surface area contributed by atoms with Gasteiger partial charge in [0, 0.05) is 17.3 Å². The number of fused-ring (bicyclic) bond motifs is 2. The minimum absolute atomic E-state index is 0.176. The van der Waals surface area contributed by atoms with Crippen LogP contribution in [0.4, 0.5) is 0 Å². The van der Waals surface area contributed by atoms with Gasteiger partial charge in [-0.2, -0.15) is 5.26 Å². The van der Waals surface area contributed by atoms with Crippen LogP contribution in [0, 0.1) is 17.2 Å². The summed E-state index contributed by atoms with van der Waals surface area (Å²) in [6.45, 7) is 0. The molecule has 0 saturated heterocycles. The van der Waals surface area contributed by atoms with Crippen molar-refractivity contribution in [2.75, 3.05) is 0 Å². The maximum absolute atomic E-state index is 13.0. The molecule has 29 heavy (non-hydrogen) atoms. The van der Waals surface area contributed by atoms with Gasteiger partial charge in [-0.3, -0.25) is 14.7 Å². The van der Waals surface area contributed by atoms with Crippen LogP contribution in [-0.2, 0) is 0 Å². The Morgan fingerprint density at radius 1 is 1.10 bits per heavy atom. The number of hydrogen-bond acceptors (Lipinski definition) is 3. The Kier molecular flexibility index (Phi) is 3.81. The van der Waals surface area contributed by atoms with Gasteiger partial charge in [0.05, 0.1) is 27.9 Å². The van der Waals surface area contributed by atoms with E-state index in [-0.39, 0.29) is 17.4 Å². The number of allylic oxidation sites excluding steroid dienone is 4. The van der Waals surface area contributed by atoms with Crippen LogP contribution >= 0.6 is 0 Å². The summed E-state index contributed by atoms with van der Waals surface area (Å²) in [6.07, 6.45) is 9.91. The summed E-state index contributed by atoms with van der Waals surface area (Å²) in [7, 11) is 0. The Morgan fingerprint density at radius 2 is 1.97 bits per heavy atom. The first-order chi connectivity index (χ1) is 14.2. The van der Waals surface area contributed by atoms with Crippen molar-refractivity contribution in [3.8, 4) is 11.8 Å². The number of benzene rings is 2. The molecule has 2 heterocycles. The van der Waals surface area contributed by atoms with E-state index >= 15 is 0 Å². The SMILES string of the molecule is N#Cc1cn(-c2ccc3c(=O)[nH]n(C(=O)C4C=CC=CC4)c3c2)c2ccccc12. The number of carbonyl (C=O) groups is 1. The molecule has 140 valence electrons. The third kappa shape index (κ3) is 2.64. The second kappa shape index (κ2) is 6.50. The summed E-state index contributed by atoms with van der Waals surface area (Å²) in [5.41, 5.74) is 2.46. The predicted molar refractivity (Wildman–Crippen MR) is 111 cm³/mol. The minimum Gasteiger partial charge on any atom is -0.315 e. The quantitative estimate of drug-likeness (QED) is 0.572. The van der Waals surface area contributed by atoms with Crippen LogP contribution < -0.4 is 5.56 Å². The maximum atomic E-state index is 13.0. The molecule has 0 amide bonds. The van der Waals surface area contributed by atoms with E-state index in [2.05, 4.69) is 11.2 Å². The number of nitrogens with one attached hydrogen (secondary N) is 1. The van der Waals surface area contributed by atoms with E-state index in [0.29, 0.717) is 22.9 Å². The molecular weight excluding hydrogens is 364 g/mol. The van der Waals surface area contributed by atoms with Crippen molar-refractivity contribution in [2.24, 2.45) is 5.92 Å². The Hall–Kier alpha value is -4.11. The van der Waals surface area contributed by atoms with Crippen LogP contribution in [0.1, 0.15) is 16.8 Å². The number of para-hydroxylation sites is 1. The van der Waals surface area contributed by atoms with Crippen molar-refractivity contribution in [1.82, 2.24) is 14.3 Å². The number of aromatic nitrogens is 3. The number of aromatic amines is 1. The molecular formula is C23H16N4O2. The molecule has 6 nitrogen and oxygen atoms in total. The van der Waals surface area contributed by atoms with Gasteiger partial charge in [0.15, 0.2) is 0 Å². The number of carbonyl (C=O) groups excluding carboxylic acids is 1. The van der Waals surface area contributed by atoms with Gasteiger partial charge in [-0.05, 0) is 30.7 Å². The first kappa shape index (κ1) is 17.0. The molecule has 1 unspecified atom stereocenters. The van der Waals surface area contributed by atoms with Gasteiger partial charge in [-0.1, -0.05) is 42.5 Å². The Balaban J connectivity index is 1.69. The number of nitriles is 1. The van der Waals surface area contributed by atoms with Crippen molar-refractivity contribution in [1.29, 1.82) is 5.26 Å². The van der Waals surface area contributed by atoms with E-state index in [9.17, 15) is 14.9 Å². The second-order valence-electron chi connectivity index (χ2n) is 7.01. The van der Waals surface area contributed by atoms with Gasteiger partial charge in [0.25, 0.3) is 11.5 Å². The molecule has 6 heteroatoms. The van der Waals surface area contributed by atoms with Crippen molar-refractivity contribution in [3.05, 3.63) is 88.9 Å². The van der Waals surface area contributed by atoms with Gasteiger partial charge in [0.2, 0.25) is 0 Å². The predicted octanol–water partition coefficient (Wildman–Crippen LogP) is 3.92. The third-order valence-corrected chi connectivity index (χ3v) is 5.31. The van der Waals surface area contributed by atoms with Gasteiger partial charge >= 0.3 is 0 Å². The average Bonchev–Trinajstić information content (AvgIpc) is 3.31. The molecule has 2 aromatic heterocycles. The van der Waals surface area contributed by atoms with Gasteiger partial charge in [0.1, 0.15) is 6.07 Å². The van der Waals surface area contributed by atoms with E-state index < -0.39 is 0 Å². The highest BCUT2D eigenvalue weighted by atomic mass is 16.2. The van der Waals surface area contributed by atoms with Crippen LogP contribution in [0.15, 0.2) is 77.8 Å². The van der Waals surface area contributed by atoms with Crippen LogP contribution in [0.2, 0.25) is 0 Å². The average molecular weight is 380 g/mol. The smallest absolute Gasteiger partial charge is 0.272 e. The molecule has 5 rings (SSSR count). The fourth-order valence-corrected chi connectivity index (χ4v) is 3.85. The van der Waals surface area contributed by atoms with E-state index in [1.54, 1.807) is 18.3 Å². The van der Waals surface area contributed by atoms with Crippen LogP contribution in [-0.4, -0.2) is 20.3 Å². The molecule has 1 N–H and O–H groups in total. The highest BCUT2D eigenvalue weighted by molar-refractivity contribution is 5.94. The lowest BCUT2D eigenvalue weighted by molar-refractivity contribution is 0.0851. The highest BCUT2D eigenvalue weighted by Gasteiger charge is 2.21. The molecule has 1 aliphatic rings. The van der Waals surface area contributed by atoms with E-state index in [1.165, 1.54) is 4.68 Å². The molecule has 0 bridgehead atoms. The fourth-order valence-electron chi connectivity index (χ4n) is 3.85. The minimum atomic E-state index is -0.312. The summed E-state index contributed by atoms with van der Waals surface area (Å²) >= 11 is 0. The Bertz CT molecular complexity index is 1440. The highest BCUT2D eigenvalue weighted by Crippen LogP contribution is 2.26. The van der Waals surface area contributed by atoms with Crippen molar-refractivity contribution in [2.45, 2.75) is 6.42 Å². The lowest BCUT2D eigenvalue weighted by atomic mass is 10.00. The number of nitrogens with zero attached hydrogens (tertiary/aromatic N) is 3. The van der Waals surface area contributed by atoms with E-state index in [1.807, 2.05) is 59.2 Å². The molecule has 0 aliphatic heterocycles. The molecule has 0 spiro atoms.